The Kier molecular flexibility index (Phi) is 4.33. The number of amides is 1. The molecule has 0 aliphatic carbocycles. The summed E-state index contributed by atoms with van der Waals surface area (Å²) in [5.41, 5.74) is 5.90. The molecule has 0 bridgehead atoms. The Bertz CT molecular complexity index is 197. The molecule has 4 nitrogen and oxygen atoms in total. The number of carbonyl (C=O) groups is 1. The highest BCUT2D eigenvalue weighted by atomic mass is 16.7. The second-order valence-corrected chi connectivity index (χ2v) is 2.92. The summed E-state index contributed by atoms with van der Waals surface area (Å²) in [6.07, 6.45) is 0.0716. The van der Waals surface area contributed by atoms with Crippen LogP contribution in [0, 0.1) is 0 Å². The molecule has 0 radical (unpaired) electrons. The van der Waals surface area contributed by atoms with Gasteiger partial charge < -0.3 is 5.73 Å². The standard InChI is InChI=1S/C8H16N2O2/c1-5-7(4)10(6(2)3)12-8(9)11/h6H,5H2,1-4H3,(H-,9,11)/p+1. The number of hydroxylamine groups is 1. The Morgan fingerprint density at radius 2 is 2.08 bits per heavy atom. The minimum Gasteiger partial charge on any atom is -0.330 e. The average Bonchev–Trinajstić information content (AvgIpc) is 1.98. The maximum atomic E-state index is 10.5. The van der Waals surface area contributed by atoms with Gasteiger partial charge in [-0.2, -0.15) is 4.84 Å². The molecular weight excluding hydrogens is 156 g/mol. The van der Waals surface area contributed by atoms with Crippen molar-refractivity contribution in [3.05, 3.63) is 0 Å². The zero-order valence-corrected chi connectivity index (χ0v) is 8.13. The molecular formula is C8H17N2O2+. The molecule has 0 heterocycles. The molecule has 70 valence electrons. The number of nitrogens with two attached hydrogens (primary N) is 1. The van der Waals surface area contributed by atoms with Gasteiger partial charge in [-0.15, -0.1) is 0 Å². The maximum Gasteiger partial charge on any atom is 0.472 e. The fourth-order valence-electron chi connectivity index (χ4n) is 0.877. The highest BCUT2D eigenvalue weighted by Gasteiger charge is 2.18. The number of rotatable bonds is 3. The predicted octanol–water partition coefficient (Wildman–Crippen LogP) is 1.29. The van der Waals surface area contributed by atoms with Gasteiger partial charge in [0.25, 0.3) is 0 Å². The number of hydrogen-bond donors (Lipinski definition) is 1. The van der Waals surface area contributed by atoms with Crippen LogP contribution in [0.2, 0.25) is 0 Å². The van der Waals surface area contributed by atoms with Gasteiger partial charge in [0.1, 0.15) is 0 Å². The summed E-state index contributed by atoms with van der Waals surface area (Å²) in [5, 5.41) is 0. The largest absolute Gasteiger partial charge is 0.472 e. The van der Waals surface area contributed by atoms with E-state index in [9.17, 15) is 4.79 Å². The lowest BCUT2D eigenvalue weighted by Crippen LogP contribution is -2.31. The first-order valence-electron chi connectivity index (χ1n) is 4.08. The molecule has 12 heavy (non-hydrogen) atoms. The van der Waals surface area contributed by atoms with Crippen molar-refractivity contribution < 1.29 is 14.4 Å². The van der Waals surface area contributed by atoms with Crippen LogP contribution in [0.4, 0.5) is 4.79 Å². The third-order valence-corrected chi connectivity index (χ3v) is 1.55. The van der Waals surface area contributed by atoms with Crippen molar-refractivity contribution >= 4 is 11.8 Å². The molecule has 0 aromatic heterocycles. The lowest BCUT2D eigenvalue weighted by atomic mass is 10.3. The molecule has 0 aliphatic heterocycles. The second-order valence-electron chi connectivity index (χ2n) is 2.92. The van der Waals surface area contributed by atoms with Gasteiger partial charge in [-0.3, -0.25) is 0 Å². The van der Waals surface area contributed by atoms with Crippen LogP contribution >= 0.6 is 0 Å². The van der Waals surface area contributed by atoms with Crippen LogP contribution < -0.4 is 5.73 Å². The normalized spacial score (nSPS) is 12.8. The van der Waals surface area contributed by atoms with E-state index in [1.165, 1.54) is 4.74 Å². The molecule has 0 aliphatic rings. The minimum atomic E-state index is -0.767. The molecule has 0 saturated carbocycles. The number of carbonyl (C=O) groups excluding carboxylic acids is 1. The lowest BCUT2D eigenvalue weighted by Gasteiger charge is -2.04. The monoisotopic (exact) mass is 173 g/mol. The van der Waals surface area contributed by atoms with Gasteiger partial charge in [0, 0.05) is 27.2 Å². The highest BCUT2D eigenvalue weighted by molar-refractivity contribution is 5.76. The molecule has 0 atom stereocenters. The summed E-state index contributed by atoms with van der Waals surface area (Å²) in [5.74, 6) is 0. The van der Waals surface area contributed by atoms with Crippen LogP contribution in [0.25, 0.3) is 0 Å². The van der Waals surface area contributed by atoms with E-state index < -0.39 is 6.09 Å². The van der Waals surface area contributed by atoms with Gasteiger partial charge in [-0.25, -0.2) is 4.79 Å². The summed E-state index contributed by atoms with van der Waals surface area (Å²) in [6.45, 7) is 7.77. The summed E-state index contributed by atoms with van der Waals surface area (Å²) >= 11 is 0. The summed E-state index contributed by atoms with van der Waals surface area (Å²) in [4.78, 5) is 15.3. The number of hydrogen-bond acceptors (Lipinski definition) is 2. The van der Waals surface area contributed by atoms with Gasteiger partial charge >= 0.3 is 6.09 Å². The quantitative estimate of drug-likeness (QED) is 0.302. The highest BCUT2D eigenvalue weighted by Crippen LogP contribution is 1.95. The van der Waals surface area contributed by atoms with Crippen molar-refractivity contribution in [3.63, 3.8) is 0 Å². The molecule has 0 rings (SSSR count). The Morgan fingerprint density at radius 3 is 2.33 bits per heavy atom. The van der Waals surface area contributed by atoms with Crippen LogP contribution in [-0.2, 0) is 4.84 Å². The van der Waals surface area contributed by atoms with Crippen molar-refractivity contribution in [3.8, 4) is 0 Å². The maximum absolute atomic E-state index is 10.5. The zero-order valence-electron chi connectivity index (χ0n) is 8.13. The molecule has 0 saturated heterocycles. The van der Waals surface area contributed by atoms with E-state index >= 15 is 0 Å². The van der Waals surface area contributed by atoms with E-state index in [0.717, 1.165) is 12.1 Å². The topological polar surface area (TPSA) is 55.3 Å². The zero-order chi connectivity index (χ0) is 9.72. The van der Waals surface area contributed by atoms with Crippen molar-refractivity contribution in [2.24, 2.45) is 5.73 Å². The van der Waals surface area contributed by atoms with Gasteiger partial charge in [-0.1, -0.05) is 6.92 Å². The number of primary amides is 1. The molecule has 0 unspecified atom stereocenters. The van der Waals surface area contributed by atoms with Crippen LogP contribution in [0.15, 0.2) is 0 Å². The lowest BCUT2D eigenvalue weighted by molar-refractivity contribution is -0.780. The van der Waals surface area contributed by atoms with Gasteiger partial charge in [0.15, 0.2) is 6.04 Å². The van der Waals surface area contributed by atoms with Crippen LogP contribution in [0.3, 0.4) is 0 Å². The molecule has 1 amide bonds. The summed E-state index contributed by atoms with van der Waals surface area (Å²) in [7, 11) is 0. The third kappa shape index (κ3) is 3.37. The van der Waals surface area contributed by atoms with Gasteiger partial charge in [0.2, 0.25) is 5.71 Å². The molecule has 0 aromatic carbocycles. The Balaban J connectivity index is 4.54. The summed E-state index contributed by atoms with van der Waals surface area (Å²) < 4.78 is 1.53. The Labute approximate surface area is 73.0 Å². The second kappa shape index (κ2) is 4.74. The van der Waals surface area contributed by atoms with E-state index in [2.05, 4.69) is 0 Å². The van der Waals surface area contributed by atoms with Crippen molar-refractivity contribution in [2.75, 3.05) is 0 Å². The van der Waals surface area contributed by atoms with E-state index in [0.29, 0.717) is 0 Å². The van der Waals surface area contributed by atoms with Crippen LogP contribution in [0.5, 0.6) is 0 Å². The first-order valence-corrected chi connectivity index (χ1v) is 4.08. The third-order valence-electron chi connectivity index (χ3n) is 1.55. The summed E-state index contributed by atoms with van der Waals surface area (Å²) in [6, 6.07) is 0.123. The molecule has 2 N–H and O–H groups in total. The SMILES string of the molecule is CCC(C)=[N+](OC(N)=O)C(C)C. The smallest absolute Gasteiger partial charge is 0.330 e. The predicted molar refractivity (Wildman–Crippen MR) is 47.0 cm³/mol. The van der Waals surface area contributed by atoms with E-state index in [4.69, 9.17) is 10.6 Å². The number of nitrogens with zero attached hydrogens (tertiary/aromatic N) is 1. The molecule has 0 spiro atoms. The Hall–Kier alpha value is -1.06. The average molecular weight is 173 g/mol. The molecule has 0 fully saturated rings. The van der Waals surface area contributed by atoms with Crippen molar-refractivity contribution in [1.82, 2.24) is 0 Å². The van der Waals surface area contributed by atoms with E-state index in [1.54, 1.807) is 0 Å². The van der Waals surface area contributed by atoms with E-state index in [-0.39, 0.29) is 6.04 Å². The van der Waals surface area contributed by atoms with Crippen molar-refractivity contribution in [1.29, 1.82) is 0 Å². The first kappa shape index (κ1) is 10.9. The Morgan fingerprint density at radius 1 is 1.58 bits per heavy atom. The van der Waals surface area contributed by atoms with Gasteiger partial charge in [-0.05, 0) is 4.74 Å². The molecule has 0 aromatic rings. The molecule has 4 heteroatoms. The van der Waals surface area contributed by atoms with Crippen molar-refractivity contribution in [2.45, 2.75) is 40.2 Å². The van der Waals surface area contributed by atoms with Crippen LogP contribution in [0.1, 0.15) is 34.1 Å². The fourth-order valence-corrected chi connectivity index (χ4v) is 0.877. The van der Waals surface area contributed by atoms with Crippen LogP contribution in [-0.4, -0.2) is 22.6 Å². The fraction of sp³-hybridized carbons (Fsp3) is 0.750. The minimum absolute atomic E-state index is 0.123. The van der Waals surface area contributed by atoms with Gasteiger partial charge in [0.05, 0.1) is 0 Å². The first-order chi connectivity index (χ1) is 5.49. The van der Waals surface area contributed by atoms with E-state index in [1.807, 2.05) is 27.7 Å².